The lowest BCUT2D eigenvalue weighted by Gasteiger charge is -2.18. The van der Waals surface area contributed by atoms with Gasteiger partial charge in [-0.3, -0.25) is 4.79 Å². The summed E-state index contributed by atoms with van der Waals surface area (Å²) in [6.07, 6.45) is 6.81. The molecule has 0 aliphatic rings. The lowest BCUT2D eigenvalue weighted by molar-refractivity contribution is -0.150. The first-order valence-electron chi connectivity index (χ1n) is 7.71. The minimum Gasteiger partial charge on any atom is -0.465 e. The van der Waals surface area contributed by atoms with Crippen molar-refractivity contribution < 1.29 is 9.53 Å². The van der Waals surface area contributed by atoms with Crippen LogP contribution < -0.4 is 0 Å². The normalized spacial score (nSPS) is 16.1. The fraction of sp³-hybridized carbons (Fsp3) is 0.938. The molecule has 0 fully saturated rings. The van der Waals surface area contributed by atoms with Gasteiger partial charge in [-0.25, -0.2) is 0 Å². The Morgan fingerprint density at radius 3 is 2.28 bits per heavy atom. The molecule has 0 aromatic carbocycles. The predicted molar refractivity (Wildman–Crippen MR) is 77.5 cm³/mol. The first-order chi connectivity index (χ1) is 8.54. The maximum absolute atomic E-state index is 11.9. The second-order valence-corrected chi connectivity index (χ2v) is 5.70. The van der Waals surface area contributed by atoms with Gasteiger partial charge in [0, 0.05) is 0 Å². The van der Waals surface area contributed by atoms with Crippen molar-refractivity contribution in [2.45, 2.75) is 73.1 Å². The Balaban J connectivity index is 3.91. The Morgan fingerprint density at radius 1 is 1.11 bits per heavy atom. The molecule has 0 aromatic rings. The van der Waals surface area contributed by atoms with Crippen LogP contribution in [-0.4, -0.2) is 12.6 Å². The third-order valence-electron chi connectivity index (χ3n) is 3.86. The average molecular weight is 256 g/mol. The molecule has 0 heterocycles. The number of esters is 1. The number of ether oxygens (including phenoxy) is 1. The lowest BCUT2D eigenvalue weighted by atomic mass is 9.95. The molecule has 0 N–H and O–H groups in total. The van der Waals surface area contributed by atoms with Crippen molar-refractivity contribution >= 4 is 5.97 Å². The van der Waals surface area contributed by atoms with Gasteiger partial charge in [0.2, 0.25) is 0 Å². The van der Waals surface area contributed by atoms with Crippen molar-refractivity contribution in [2.24, 2.45) is 17.8 Å². The SMILES string of the molecule is CCCCC(CC)COC(=O)C(C)CC(C)CC. The Hall–Kier alpha value is -0.530. The first-order valence-corrected chi connectivity index (χ1v) is 7.71. The highest BCUT2D eigenvalue weighted by Gasteiger charge is 2.18. The van der Waals surface area contributed by atoms with E-state index in [0.717, 1.165) is 19.3 Å². The largest absolute Gasteiger partial charge is 0.465 e. The summed E-state index contributed by atoms with van der Waals surface area (Å²) in [5, 5.41) is 0. The van der Waals surface area contributed by atoms with Crippen molar-refractivity contribution in [3.8, 4) is 0 Å². The Morgan fingerprint density at radius 2 is 1.78 bits per heavy atom. The third kappa shape index (κ3) is 7.73. The topological polar surface area (TPSA) is 26.3 Å². The van der Waals surface area contributed by atoms with Gasteiger partial charge in [0.1, 0.15) is 0 Å². The van der Waals surface area contributed by atoms with Crippen LogP contribution in [0.3, 0.4) is 0 Å². The van der Waals surface area contributed by atoms with Crippen LogP contribution >= 0.6 is 0 Å². The zero-order valence-electron chi connectivity index (χ0n) is 13.0. The minimum absolute atomic E-state index is 0.00903. The molecule has 0 saturated carbocycles. The highest BCUT2D eigenvalue weighted by molar-refractivity contribution is 5.71. The number of hydrogen-bond acceptors (Lipinski definition) is 2. The fourth-order valence-corrected chi connectivity index (χ4v) is 2.11. The summed E-state index contributed by atoms with van der Waals surface area (Å²) >= 11 is 0. The van der Waals surface area contributed by atoms with Gasteiger partial charge in [-0.2, -0.15) is 0 Å². The maximum atomic E-state index is 11.9. The van der Waals surface area contributed by atoms with Crippen LogP contribution in [0, 0.1) is 17.8 Å². The molecule has 0 spiro atoms. The summed E-state index contributed by atoms with van der Waals surface area (Å²) < 4.78 is 5.46. The van der Waals surface area contributed by atoms with Gasteiger partial charge in [0.15, 0.2) is 0 Å². The predicted octanol–water partition coefficient (Wildman–Crippen LogP) is 4.82. The molecule has 2 nitrogen and oxygen atoms in total. The van der Waals surface area contributed by atoms with Crippen LogP contribution in [0.5, 0.6) is 0 Å². The van der Waals surface area contributed by atoms with E-state index in [9.17, 15) is 4.79 Å². The van der Waals surface area contributed by atoms with E-state index < -0.39 is 0 Å². The summed E-state index contributed by atoms with van der Waals surface area (Å²) in [7, 11) is 0. The molecule has 0 aromatic heterocycles. The lowest BCUT2D eigenvalue weighted by Crippen LogP contribution is -2.20. The Bertz CT molecular complexity index is 213. The minimum atomic E-state index is -0.00903. The van der Waals surface area contributed by atoms with Crippen LogP contribution in [-0.2, 0) is 9.53 Å². The molecule has 18 heavy (non-hydrogen) atoms. The zero-order valence-corrected chi connectivity index (χ0v) is 13.0. The summed E-state index contributed by atoms with van der Waals surface area (Å²) in [6.45, 7) is 11.3. The van der Waals surface area contributed by atoms with E-state index >= 15 is 0 Å². The van der Waals surface area contributed by atoms with Gasteiger partial charge in [-0.15, -0.1) is 0 Å². The van der Waals surface area contributed by atoms with Crippen LogP contribution in [0.15, 0.2) is 0 Å². The van der Waals surface area contributed by atoms with Gasteiger partial charge in [0.25, 0.3) is 0 Å². The molecule has 0 amide bonds. The average Bonchev–Trinajstić information content (AvgIpc) is 2.38. The molecule has 0 bridgehead atoms. The van der Waals surface area contributed by atoms with E-state index in [1.54, 1.807) is 0 Å². The number of hydrogen-bond donors (Lipinski definition) is 0. The summed E-state index contributed by atoms with van der Waals surface area (Å²) in [6, 6.07) is 0. The maximum Gasteiger partial charge on any atom is 0.308 e. The Kier molecular flexibility index (Phi) is 10.1. The highest BCUT2D eigenvalue weighted by atomic mass is 16.5. The number of carbonyl (C=O) groups is 1. The Labute approximate surface area is 113 Å². The molecule has 0 aliphatic carbocycles. The summed E-state index contributed by atoms with van der Waals surface area (Å²) in [5.41, 5.74) is 0. The van der Waals surface area contributed by atoms with E-state index in [-0.39, 0.29) is 11.9 Å². The number of carbonyl (C=O) groups excluding carboxylic acids is 1. The summed E-state index contributed by atoms with van der Waals surface area (Å²) in [5.74, 6) is 1.19. The van der Waals surface area contributed by atoms with Crippen LogP contribution in [0.1, 0.15) is 73.1 Å². The molecular formula is C16H32O2. The van der Waals surface area contributed by atoms with Crippen LogP contribution in [0.25, 0.3) is 0 Å². The molecular weight excluding hydrogens is 224 g/mol. The van der Waals surface area contributed by atoms with Gasteiger partial charge in [-0.05, 0) is 24.7 Å². The van der Waals surface area contributed by atoms with Crippen LogP contribution in [0.4, 0.5) is 0 Å². The molecule has 2 heteroatoms. The molecule has 0 saturated heterocycles. The van der Waals surface area contributed by atoms with E-state index in [1.165, 1.54) is 19.3 Å². The smallest absolute Gasteiger partial charge is 0.308 e. The van der Waals surface area contributed by atoms with Crippen molar-refractivity contribution in [2.75, 3.05) is 6.61 Å². The molecule has 0 aliphatic heterocycles. The number of unbranched alkanes of at least 4 members (excludes halogenated alkanes) is 1. The molecule has 0 radical (unpaired) electrons. The number of rotatable bonds is 10. The monoisotopic (exact) mass is 256 g/mol. The van der Waals surface area contributed by atoms with Crippen molar-refractivity contribution in [1.82, 2.24) is 0 Å². The fourth-order valence-electron chi connectivity index (χ4n) is 2.11. The summed E-state index contributed by atoms with van der Waals surface area (Å²) in [4.78, 5) is 11.9. The van der Waals surface area contributed by atoms with Crippen molar-refractivity contribution in [3.63, 3.8) is 0 Å². The van der Waals surface area contributed by atoms with E-state index in [2.05, 4.69) is 27.7 Å². The van der Waals surface area contributed by atoms with Gasteiger partial charge in [0.05, 0.1) is 12.5 Å². The second-order valence-electron chi connectivity index (χ2n) is 5.70. The highest BCUT2D eigenvalue weighted by Crippen LogP contribution is 2.18. The van der Waals surface area contributed by atoms with E-state index in [4.69, 9.17) is 4.74 Å². The zero-order chi connectivity index (χ0) is 14.0. The molecule has 108 valence electrons. The first kappa shape index (κ1) is 17.5. The van der Waals surface area contributed by atoms with Crippen molar-refractivity contribution in [3.05, 3.63) is 0 Å². The molecule has 0 rings (SSSR count). The van der Waals surface area contributed by atoms with Gasteiger partial charge in [-0.1, -0.05) is 60.3 Å². The molecule has 3 atom stereocenters. The van der Waals surface area contributed by atoms with Gasteiger partial charge < -0.3 is 4.74 Å². The van der Waals surface area contributed by atoms with Crippen LogP contribution in [0.2, 0.25) is 0 Å². The van der Waals surface area contributed by atoms with E-state index in [0.29, 0.717) is 18.4 Å². The third-order valence-corrected chi connectivity index (χ3v) is 3.86. The second kappa shape index (κ2) is 10.4. The molecule has 3 unspecified atom stereocenters. The van der Waals surface area contributed by atoms with Crippen molar-refractivity contribution in [1.29, 1.82) is 0 Å². The van der Waals surface area contributed by atoms with Gasteiger partial charge >= 0.3 is 5.97 Å². The standard InChI is InChI=1S/C16H32O2/c1-6-9-10-15(8-3)12-18-16(17)14(5)11-13(4)7-2/h13-15H,6-12H2,1-5H3. The van der Waals surface area contributed by atoms with E-state index in [1.807, 2.05) is 6.92 Å². The quantitative estimate of drug-likeness (QED) is 0.524.